The third-order valence-electron chi connectivity index (χ3n) is 3.39. The number of carbonyl (C=O) groups excluding carboxylic acids is 1. The van der Waals surface area contributed by atoms with E-state index in [1.807, 2.05) is 4.90 Å². The molecule has 1 atom stereocenters. The van der Waals surface area contributed by atoms with E-state index in [0.717, 1.165) is 48.5 Å². The molecule has 0 radical (unpaired) electrons. The number of hydrogen-bond donors (Lipinski definition) is 2. The molecule has 1 aliphatic heterocycles. The molecule has 20 heavy (non-hydrogen) atoms. The van der Waals surface area contributed by atoms with Gasteiger partial charge in [0.25, 0.3) is 0 Å². The van der Waals surface area contributed by atoms with E-state index in [4.69, 9.17) is 0 Å². The standard InChI is InChI=1S/C13H20BrN5O/c1-3-6-16-11-10(14)12(18-8-17-11)19-7-4-5-9(19)13(20)15-2/h8-9H,3-7H2,1-2H3,(H,15,20)(H,16,17,18). The van der Waals surface area contributed by atoms with Crippen LogP contribution in [0.5, 0.6) is 0 Å². The summed E-state index contributed by atoms with van der Waals surface area (Å²) >= 11 is 3.56. The Balaban J connectivity index is 2.25. The van der Waals surface area contributed by atoms with Crippen molar-refractivity contribution in [3.63, 3.8) is 0 Å². The summed E-state index contributed by atoms with van der Waals surface area (Å²) in [6.07, 6.45) is 4.41. The maximum atomic E-state index is 11.9. The number of nitrogens with one attached hydrogen (secondary N) is 2. The van der Waals surface area contributed by atoms with Gasteiger partial charge in [-0.25, -0.2) is 9.97 Å². The van der Waals surface area contributed by atoms with Gasteiger partial charge in [-0.1, -0.05) is 6.92 Å². The van der Waals surface area contributed by atoms with Gasteiger partial charge in [0.1, 0.15) is 28.5 Å². The number of anilines is 2. The number of rotatable bonds is 5. The van der Waals surface area contributed by atoms with E-state index in [2.05, 4.69) is 43.5 Å². The first kappa shape index (κ1) is 15.0. The molecule has 1 unspecified atom stereocenters. The minimum atomic E-state index is -0.148. The molecule has 110 valence electrons. The van der Waals surface area contributed by atoms with Gasteiger partial charge in [0.15, 0.2) is 0 Å². The van der Waals surface area contributed by atoms with E-state index >= 15 is 0 Å². The summed E-state index contributed by atoms with van der Waals surface area (Å²) < 4.78 is 0.823. The Morgan fingerprint density at radius 1 is 1.55 bits per heavy atom. The molecule has 1 fully saturated rings. The third kappa shape index (κ3) is 3.03. The monoisotopic (exact) mass is 341 g/mol. The average Bonchev–Trinajstić information content (AvgIpc) is 2.94. The van der Waals surface area contributed by atoms with Crippen molar-refractivity contribution in [1.82, 2.24) is 15.3 Å². The number of halogens is 1. The lowest BCUT2D eigenvalue weighted by molar-refractivity contribution is -0.121. The van der Waals surface area contributed by atoms with Gasteiger partial charge in [-0.05, 0) is 35.2 Å². The predicted molar refractivity (Wildman–Crippen MR) is 82.9 cm³/mol. The van der Waals surface area contributed by atoms with Crippen LogP contribution in [0.25, 0.3) is 0 Å². The molecule has 0 aliphatic carbocycles. The van der Waals surface area contributed by atoms with Crippen LogP contribution in [0.1, 0.15) is 26.2 Å². The van der Waals surface area contributed by atoms with Crippen LogP contribution in [-0.4, -0.2) is 42.1 Å². The first-order valence-corrected chi connectivity index (χ1v) is 7.71. The Morgan fingerprint density at radius 2 is 2.35 bits per heavy atom. The fourth-order valence-electron chi connectivity index (χ4n) is 2.39. The van der Waals surface area contributed by atoms with Crippen LogP contribution < -0.4 is 15.5 Å². The normalized spacial score (nSPS) is 18.1. The summed E-state index contributed by atoms with van der Waals surface area (Å²) in [5.74, 6) is 1.60. The van der Waals surface area contributed by atoms with Crippen molar-refractivity contribution in [2.45, 2.75) is 32.2 Å². The number of amides is 1. The topological polar surface area (TPSA) is 70.2 Å². The van der Waals surface area contributed by atoms with E-state index in [0.29, 0.717) is 0 Å². The van der Waals surface area contributed by atoms with Crippen LogP contribution in [0.3, 0.4) is 0 Å². The van der Waals surface area contributed by atoms with E-state index in [1.54, 1.807) is 7.05 Å². The van der Waals surface area contributed by atoms with Gasteiger partial charge in [0.05, 0.1) is 0 Å². The maximum Gasteiger partial charge on any atom is 0.242 e. The van der Waals surface area contributed by atoms with Gasteiger partial charge in [-0.15, -0.1) is 0 Å². The third-order valence-corrected chi connectivity index (χ3v) is 4.12. The molecular formula is C13H20BrN5O. The fourth-order valence-corrected chi connectivity index (χ4v) is 2.96. The molecule has 1 aliphatic rings. The molecule has 0 saturated carbocycles. The van der Waals surface area contributed by atoms with Crippen LogP contribution in [0, 0.1) is 0 Å². The molecule has 2 N–H and O–H groups in total. The maximum absolute atomic E-state index is 11.9. The molecule has 2 heterocycles. The first-order chi connectivity index (χ1) is 9.69. The Hall–Kier alpha value is -1.37. The zero-order valence-electron chi connectivity index (χ0n) is 11.8. The van der Waals surface area contributed by atoms with E-state index in [1.165, 1.54) is 6.33 Å². The number of nitrogens with zero attached hydrogens (tertiary/aromatic N) is 3. The summed E-state index contributed by atoms with van der Waals surface area (Å²) in [6.45, 7) is 3.79. The molecule has 0 spiro atoms. The molecule has 1 amide bonds. The lowest BCUT2D eigenvalue weighted by atomic mass is 10.2. The SMILES string of the molecule is CCCNc1ncnc(N2CCCC2C(=O)NC)c1Br. The minimum absolute atomic E-state index is 0.0380. The molecule has 0 bridgehead atoms. The lowest BCUT2D eigenvalue weighted by Gasteiger charge is -2.25. The number of aromatic nitrogens is 2. The van der Waals surface area contributed by atoms with Crippen molar-refractivity contribution in [3.8, 4) is 0 Å². The minimum Gasteiger partial charge on any atom is -0.369 e. The lowest BCUT2D eigenvalue weighted by Crippen LogP contribution is -2.42. The first-order valence-electron chi connectivity index (χ1n) is 6.91. The van der Waals surface area contributed by atoms with E-state index in [9.17, 15) is 4.79 Å². The van der Waals surface area contributed by atoms with Gasteiger partial charge < -0.3 is 15.5 Å². The van der Waals surface area contributed by atoms with Gasteiger partial charge >= 0.3 is 0 Å². The highest BCUT2D eigenvalue weighted by atomic mass is 79.9. The van der Waals surface area contributed by atoms with Gasteiger partial charge in [-0.2, -0.15) is 0 Å². The quantitative estimate of drug-likeness (QED) is 0.854. The predicted octanol–water partition coefficient (Wildman–Crippen LogP) is 1.78. The molecular weight excluding hydrogens is 322 g/mol. The summed E-state index contributed by atoms with van der Waals surface area (Å²) in [4.78, 5) is 22.6. The Kier molecular flexibility index (Phi) is 5.17. The van der Waals surface area contributed by atoms with Gasteiger partial charge in [-0.3, -0.25) is 4.79 Å². The number of likely N-dealkylation sites (N-methyl/N-ethyl adjacent to an activating group) is 1. The van der Waals surface area contributed by atoms with E-state index < -0.39 is 0 Å². The van der Waals surface area contributed by atoms with Crippen LogP contribution in [0.15, 0.2) is 10.8 Å². The summed E-state index contributed by atoms with van der Waals surface area (Å²) in [5.41, 5.74) is 0. The fraction of sp³-hybridized carbons (Fsp3) is 0.615. The van der Waals surface area contributed by atoms with Crippen molar-refractivity contribution in [2.75, 3.05) is 30.4 Å². The van der Waals surface area contributed by atoms with Crippen LogP contribution in [-0.2, 0) is 4.79 Å². The average molecular weight is 342 g/mol. The smallest absolute Gasteiger partial charge is 0.242 e. The highest BCUT2D eigenvalue weighted by molar-refractivity contribution is 9.10. The summed E-state index contributed by atoms with van der Waals surface area (Å²) in [7, 11) is 1.67. The number of carbonyl (C=O) groups is 1. The highest BCUT2D eigenvalue weighted by Crippen LogP contribution is 2.33. The number of hydrogen-bond acceptors (Lipinski definition) is 5. The van der Waals surface area contributed by atoms with Crippen LogP contribution >= 0.6 is 15.9 Å². The van der Waals surface area contributed by atoms with Crippen molar-refractivity contribution < 1.29 is 4.79 Å². The van der Waals surface area contributed by atoms with Gasteiger partial charge in [0.2, 0.25) is 5.91 Å². The second kappa shape index (κ2) is 6.88. The Labute approximate surface area is 127 Å². The molecule has 2 rings (SSSR count). The molecule has 7 heteroatoms. The second-order valence-corrected chi connectivity index (χ2v) is 5.55. The largest absolute Gasteiger partial charge is 0.369 e. The summed E-state index contributed by atoms with van der Waals surface area (Å²) in [5, 5.41) is 5.98. The Morgan fingerprint density at radius 3 is 3.05 bits per heavy atom. The molecule has 1 saturated heterocycles. The van der Waals surface area contributed by atoms with Crippen molar-refractivity contribution in [1.29, 1.82) is 0 Å². The van der Waals surface area contributed by atoms with E-state index in [-0.39, 0.29) is 11.9 Å². The highest BCUT2D eigenvalue weighted by Gasteiger charge is 2.32. The zero-order valence-corrected chi connectivity index (χ0v) is 13.4. The van der Waals surface area contributed by atoms with Crippen molar-refractivity contribution in [3.05, 3.63) is 10.8 Å². The molecule has 6 nitrogen and oxygen atoms in total. The molecule has 1 aromatic heterocycles. The molecule has 0 aromatic carbocycles. The summed E-state index contributed by atoms with van der Waals surface area (Å²) in [6, 6.07) is -0.148. The van der Waals surface area contributed by atoms with Gasteiger partial charge in [0, 0.05) is 20.1 Å². The molecule has 1 aromatic rings. The van der Waals surface area contributed by atoms with Crippen LogP contribution in [0.4, 0.5) is 11.6 Å². The zero-order chi connectivity index (χ0) is 14.5. The van der Waals surface area contributed by atoms with Crippen LogP contribution in [0.2, 0.25) is 0 Å². The second-order valence-electron chi connectivity index (χ2n) is 4.75. The Bertz CT molecular complexity index is 482. The van der Waals surface area contributed by atoms with Crippen molar-refractivity contribution >= 4 is 33.5 Å². The van der Waals surface area contributed by atoms with Crippen molar-refractivity contribution in [2.24, 2.45) is 0 Å².